The number of nitrogens with one attached hydrogen (secondary N) is 1. The summed E-state index contributed by atoms with van der Waals surface area (Å²) in [5.74, 6) is -0.157. The lowest BCUT2D eigenvalue weighted by Gasteiger charge is -2.27. The highest BCUT2D eigenvalue weighted by Crippen LogP contribution is 2.23. The Bertz CT molecular complexity index is 430. The van der Waals surface area contributed by atoms with E-state index in [-0.39, 0.29) is 29.8 Å². The molecule has 19 heavy (non-hydrogen) atoms. The van der Waals surface area contributed by atoms with Crippen molar-refractivity contribution in [2.24, 2.45) is 11.1 Å². The van der Waals surface area contributed by atoms with Crippen LogP contribution in [0.3, 0.4) is 0 Å². The van der Waals surface area contributed by atoms with Gasteiger partial charge in [-0.05, 0) is 24.0 Å². The van der Waals surface area contributed by atoms with E-state index >= 15 is 0 Å². The summed E-state index contributed by atoms with van der Waals surface area (Å²) in [5.41, 5.74) is 6.55. The Morgan fingerprint density at radius 1 is 1.32 bits per heavy atom. The van der Waals surface area contributed by atoms with Gasteiger partial charge in [0, 0.05) is 5.02 Å². The van der Waals surface area contributed by atoms with Crippen LogP contribution in [0.4, 0.5) is 0 Å². The fourth-order valence-electron chi connectivity index (χ4n) is 1.60. The zero-order chi connectivity index (χ0) is 13.9. The van der Waals surface area contributed by atoms with Crippen LogP contribution in [0.15, 0.2) is 24.3 Å². The molecule has 5 heteroatoms. The minimum Gasteiger partial charge on any atom is -0.348 e. The van der Waals surface area contributed by atoms with Crippen molar-refractivity contribution >= 4 is 29.9 Å². The van der Waals surface area contributed by atoms with Crippen molar-refractivity contribution in [3.05, 3.63) is 34.9 Å². The van der Waals surface area contributed by atoms with Crippen LogP contribution in [0, 0.1) is 5.41 Å². The Morgan fingerprint density at radius 3 is 2.32 bits per heavy atom. The second-order valence-corrected chi connectivity index (χ2v) is 6.00. The second-order valence-electron chi connectivity index (χ2n) is 5.60. The maximum absolute atomic E-state index is 12.0. The summed E-state index contributed by atoms with van der Waals surface area (Å²) < 4.78 is 0. The Morgan fingerprint density at radius 2 is 1.84 bits per heavy atom. The van der Waals surface area contributed by atoms with E-state index < -0.39 is 6.04 Å². The maximum Gasteiger partial charge on any atom is 0.237 e. The third kappa shape index (κ3) is 5.01. The van der Waals surface area contributed by atoms with Gasteiger partial charge in [0.1, 0.15) is 0 Å². The quantitative estimate of drug-likeness (QED) is 0.900. The van der Waals surface area contributed by atoms with Gasteiger partial charge >= 0.3 is 0 Å². The molecule has 0 heterocycles. The molecule has 3 N–H and O–H groups in total. The van der Waals surface area contributed by atoms with Crippen LogP contribution in [-0.2, 0) is 4.79 Å². The number of benzene rings is 1. The Balaban J connectivity index is 0.00000324. The van der Waals surface area contributed by atoms with Gasteiger partial charge in [0.25, 0.3) is 0 Å². The molecule has 0 bridgehead atoms. The van der Waals surface area contributed by atoms with Crippen LogP contribution in [0.1, 0.15) is 39.3 Å². The third-order valence-electron chi connectivity index (χ3n) is 2.95. The highest BCUT2D eigenvalue weighted by molar-refractivity contribution is 6.31. The highest BCUT2D eigenvalue weighted by Gasteiger charge is 2.28. The SMILES string of the molecule is CC(NC(=O)[C@@H](N)C(C)(C)C)c1ccccc1Cl.Cl. The van der Waals surface area contributed by atoms with Crippen LogP contribution < -0.4 is 11.1 Å². The zero-order valence-corrected chi connectivity index (χ0v) is 13.3. The molecule has 2 atom stereocenters. The van der Waals surface area contributed by atoms with E-state index in [9.17, 15) is 4.79 Å². The summed E-state index contributed by atoms with van der Waals surface area (Å²) in [7, 11) is 0. The van der Waals surface area contributed by atoms with Crippen LogP contribution >= 0.6 is 24.0 Å². The maximum atomic E-state index is 12.0. The van der Waals surface area contributed by atoms with Gasteiger partial charge in [-0.3, -0.25) is 4.79 Å². The second kappa shape index (κ2) is 7.13. The Kier molecular flexibility index (Phi) is 6.84. The molecule has 0 saturated carbocycles. The molecule has 0 fully saturated rings. The summed E-state index contributed by atoms with van der Waals surface area (Å²) in [5, 5.41) is 3.54. The monoisotopic (exact) mass is 304 g/mol. The average molecular weight is 305 g/mol. The summed E-state index contributed by atoms with van der Waals surface area (Å²) in [6.07, 6.45) is 0. The van der Waals surface area contributed by atoms with E-state index in [1.807, 2.05) is 52.0 Å². The van der Waals surface area contributed by atoms with E-state index in [1.165, 1.54) is 0 Å². The van der Waals surface area contributed by atoms with Crippen molar-refractivity contribution in [1.29, 1.82) is 0 Å². The van der Waals surface area contributed by atoms with Gasteiger partial charge in [-0.1, -0.05) is 50.6 Å². The molecule has 0 aliphatic carbocycles. The minimum atomic E-state index is -0.539. The first-order valence-electron chi connectivity index (χ1n) is 6.04. The van der Waals surface area contributed by atoms with Crippen molar-refractivity contribution in [2.45, 2.75) is 39.8 Å². The predicted octanol–water partition coefficient (Wildman–Crippen LogP) is 3.31. The number of hydrogen-bond acceptors (Lipinski definition) is 2. The van der Waals surface area contributed by atoms with Crippen molar-refractivity contribution in [3.63, 3.8) is 0 Å². The minimum absolute atomic E-state index is 0. The van der Waals surface area contributed by atoms with Gasteiger partial charge in [-0.25, -0.2) is 0 Å². The van der Waals surface area contributed by atoms with E-state index in [1.54, 1.807) is 0 Å². The van der Waals surface area contributed by atoms with Crippen molar-refractivity contribution in [1.82, 2.24) is 5.32 Å². The normalized spacial score (nSPS) is 14.2. The molecular weight excluding hydrogens is 283 g/mol. The molecule has 3 nitrogen and oxygen atoms in total. The lowest BCUT2D eigenvalue weighted by molar-refractivity contribution is -0.125. The van der Waals surface area contributed by atoms with Gasteiger partial charge in [0.05, 0.1) is 12.1 Å². The third-order valence-corrected chi connectivity index (χ3v) is 3.29. The molecule has 1 amide bonds. The number of carbonyl (C=O) groups excluding carboxylic acids is 1. The molecule has 108 valence electrons. The molecule has 1 aromatic rings. The topological polar surface area (TPSA) is 55.1 Å². The molecular formula is C14H22Cl2N2O. The van der Waals surface area contributed by atoms with E-state index in [0.29, 0.717) is 5.02 Å². The lowest BCUT2D eigenvalue weighted by atomic mass is 9.86. The van der Waals surface area contributed by atoms with Crippen LogP contribution in [0.2, 0.25) is 5.02 Å². The summed E-state index contributed by atoms with van der Waals surface area (Å²) in [6.45, 7) is 7.72. The summed E-state index contributed by atoms with van der Waals surface area (Å²) in [6, 6.07) is 6.77. The molecule has 0 aliphatic rings. The number of nitrogens with two attached hydrogens (primary N) is 1. The fraction of sp³-hybridized carbons (Fsp3) is 0.500. The van der Waals surface area contributed by atoms with Crippen molar-refractivity contribution < 1.29 is 4.79 Å². The van der Waals surface area contributed by atoms with Crippen molar-refractivity contribution in [3.8, 4) is 0 Å². The van der Waals surface area contributed by atoms with Crippen molar-refractivity contribution in [2.75, 3.05) is 0 Å². The van der Waals surface area contributed by atoms with Gasteiger partial charge in [-0.15, -0.1) is 12.4 Å². The molecule has 0 radical (unpaired) electrons. The Labute approximate surface area is 126 Å². The van der Waals surface area contributed by atoms with E-state index in [4.69, 9.17) is 17.3 Å². The van der Waals surface area contributed by atoms with Crippen LogP contribution in [0.5, 0.6) is 0 Å². The average Bonchev–Trinajstić information content (AvgIpc) is 2.27. The molecule has 1 aromatic carbocycles. The van der Waals surface area contributed by atoms with Gasteiger partial charge < -0.3 is 11.1 Å². The predicted molar refractivity (Wildman–Crippen MR) is 82.7 cm³/mol. The number of halogens is 2. The molecule has 0 spiro atoms. The highest BCUT2D eigenvalue weighted by atomic mass is 35.5. The zero-order valence-electron chi connectivity index (χ0n) is 11.7. The van der Waals surface area contributed by atoms with E-state index in [2.05, 4.69) is 5.32 Å². The number of rotatable bonds is 3. The van der Waals surface area contributed by atoms with Crippen LogP contribution in [-0.4, -0.2) is 11.9 Å². The fourth-order valence-corrected chi connectivity index (χ4v) is 1.90. The van der Waals surface area contributed by atoms with Gasteiger partial charge in [-0.2, -0.15) is 0 Å². The largest absolute Gasteiger partial charge is 0.348 e. The molecule has 0 aromatic heterocycles. The smallest absolute Gasteiger partial charge is 0.237 e. The number of amides is 1. The molecule has 0 saturated heterocycles. The Hall–Kier alpha value is -0.770. The first kappa shape index (κ1) is 18.2. The molecule has 0 aliphatic heterocycles. The number of hydrogen-bond donors (Lipinski definition) is 2. The first-order valence-corrected chi connectivity index (χ1v) is 6.41. The van der Waals surface area contributed by atoms with Crippen LogP contribution in [0.25, 0.3) is 0 Å². The standard InChI is InChI=1S/C14H21ClN2O.ClH/c1-9(10-7-5-6-8-11(10)15)17-13(18)12(16)14(2,3)4;/h5-9,12H,16H2,1-4H3,(H,17,18);1H/t9?,12-;/m1./s1. The van der Waals surface area contributed by atoms with E-state index in [0.717, 1.165) is 5.56 Å². The van der Waals surface area contributed by atoms with Gasteiger partial charge in [0.15, 0.2) is 0 Å². The summed E-state index contributed by atoms with van der Waals surface area (Å²) in [4.78, 5) is 12.0. The molecule has 1 unspecified atom stereocenters. The van der Waals surface area contributed by atoms with Gasteiger partial charge in [0.2, 0.25) is 5.91 Å². The summed E-state index contributed by atoms with van der Waals surface area (Å²) >= 11 is 6.09. The molecule has 1 rings (SSSR count). The lowest BCUT2D eigenvalue weighted by Crippen LogP contribution is -2.49. The first-order chi connectivity index (χ1) is 8.23. The number of carbonyl (C=O) groups is 1.